The molecule has 0 saturated heterocycles. The number of amides is 2. The maximum atomic E-state index is 12.0. The topological polar surface area (TPSA) is 93.7 Å². The van der Waals surface area contributed by atoms with Crippen LogP contribution in [0, 0.1) is 0 Å². The number of ether oxygens (including phenoxy) is 2. The summed E-state index contributed by atoms with van der Waals surface area (Å²) in [4.78, 5) is 35.2. The fraction of sp³-hybridized carbons (Fsp3) is 0.471. The van der Waals surface area contributed by atoms with Crippen molar-refractivity contribution in [3.63, 3.8) is 0 Å². The number of likely N-dealkylation sites (N-methyl/N-ethyl adjacent to an activating group) is 1. The minimum Gasteiger partial charge on any atom is -0.449 e. The maximum Gasteiger partial charge on any atom is 0.412 e. The largest absolute Gasteiger partial charge is 0.449 e. The molecule has 7 heteroatoms. The van der Waals surface area contributed by atoms with Crippen LogP contribution in [0.4, 0.5) is 10.5 Å². The lowest BCUT2D eigenvalue weighted by Gasteiger charge is -2.19. The first-order valence-corrected chi connectivity index (χ1v) is 7.71. The first-order chi connectivity index (χ1) is 11.1. The number of anilines is 1. The lowest BCUT2D eigenvalue weighted by molar-refractivity contribution is -0.128. The molecule has 0 heterocycles. The highest BCUT2D eigenvalue weighted by molar-refractivity contribution is 5.93. The van der Waals surface area contributed by atoms with E-state index in [-0.39, 0.29) is 11.5 Å². The van der Waals surface area contributed by atoms with Gasteiger partial charge in [-0.2, -0.15) is 0 Å². The average Bonchev–Trinajstić information content (AvgIpc) is 2.46. The lowest BCUT2D eigenvalue weighted by Crippen LogP contribution is -2.35. The van der Waals surface area contributed by atoms with Crippen LogP contribution in [0.3, 0.4) is 0 Å². The molecule has 7 nitrogen and oxygen atoms in total. The molecule has 0 aliphatic rings. The van der Waals surface area contributed by atoms with Gasteiger partial charge in [-0.15, -0.1) is 0 Å². The van der Waals surface area contributed by atoms with Crippen molar-refractivity contribution in [1.82, 2.24) is 5.32 Å². The maximum absolute atomic E-state index is 12.0. The summed E-state index contributed by atoms with van der Waals surface area (Å²) in [6.07, 6.45) is -1.46. The van der Waals surface area contributed by atoms with Crippen molar-refractivity contribution >= 4 is 23.7 Å². The number of carbonyl (C=O) groups excluding carboxylic acids is 3. The van der Waals surface area contributed by atoms with Crippen molar-refractivity contribution in [2.75, 3.05) is 11.9 Å². The summed E-state index contributed by atoms with van der Waals surface area (Å²) in [5.74, 6) is -0.966. The third kappa shape index (κ3) is 6.68. The van der Waals surface area contributed by atoms with Crippen LogP contribution in [0.25, 0.3) is 0 Å². The summed E-state index contributed by atoms with van der Waals surface area (Å²) in [7, 11) is 0. The van der Waals surface area contributed by atoms with Crippen LogP contribution in [0.2, 0.25) is 0 Å². The van der Waals surface area contributed by atoms with Crippen LogP contribution in [0.15, 0.2) is 24.3 Å². The van der Waals surface area contributed by atoms with Crippen molar-refractivity contribution in [2.45, 2.75) is 46.3 Å². The second-order valence-electron chi connectivity index (χ2n) is 6.15. The molecule has 0 radical (unpaired) electrons. The molecule has 0 unspecified atom stereocenters. The minimum absolute atomic E-state index is 0.279. The Kier molecular flexibility index (Phi) is 6.76. The highest BCUT2D eigenvalue weighted by Gasteiger charge is 2.19. The smallest absolute Gasteiger partial charge is 0.412 e. The van der Waals surface area contributed by atoms with Crippen molar-refractivity contribution in [2.24, 2.45) is 0 Å². The summed E-state index contributed by atoms with van der Waals surface area (Å²) in [6.45, 7) is 9.04. The highest BCUT2D eigenvalue weighted by atomic mass is 16.6. The van der Waals surface area contributed by atoms with Gasteiger partial charge in [-0.1, -0.05) is 0 Å². The van der Waals surface area contributed by atoms with E-state index in [1.165, 1.54) is 19.1 Å². The summed E-state index contributed by atoms with van der Waals surface area (Å²) < 4.78 is 10.2. The fourth-order valence-electron chi connectivity index (χ4n) is 1.71. The van der Waals surface area contributed by atoms with E-state index >= 15 is 0 Å². The van der Waals surface area contributed by atoms with Gasteiger partial charge in [-0.05, 0) is 58.9 Å². The Bertz CT molecular complexity index is 590. The molecular weight excluding hydrogens is 312 g/mol. The van der Waals surface area contributed by atoms with Crippen LogP contribution in [0.1, 0.15) is 45.0 Å². The summed E-state index contributed by atoms with van der Waals surface area (Å²) in [5, 5.41) is 5.14. The molecular formula is C17H24N2O5. The number of benzene rings is 1. The second kappa shape index (κ2) is 8.33. The number of carbonyl (C=O) groups is 3. The van der Waals surface area contributed by atoms with Gasteiger partial charge in [0.2, 0.25) is 0 Å². The number of hydrogen-bond donors (Lipinski definition) is 2. The van der Waals surface area contributed by atoms with Crippen LogP contribution in [0.5, 0.6) is 0 Å². The predicted octanol–water partition coefficient (Wildman–Crippen LogP) is 2.72. The molecule has 0 saturated carbocycles. The fourth-order valence-corrected chi connectivity index (χ4v) is 1.71. The monoisotopic (exact) mass is 336 g/mol. The molecule has 0 aromatic heterocycles. The van der Waals surface area contributed by atoms with Gasteiger partial charge < -0.3 is 14.8 Å². The van der Waals surface area contributed by atoms with Gasteiger partial charge in [0.25, 0.3) is 5.91 Å². The molecule has 2 amide bonds. The number of nitrogens with one attached hydrogen (secondary N) is 2. The number of hydrogen-bond acceptors (Lipinski definition) is 5. The van der Waals surface area contributed by atoms with Crippen LogP contribution >= 0.6 is 0 Å². The minimum atomic E-state index is -0.878. The molecule has 1 rings (SSSR count). The zero-order chi connectivity index (χ0) is 18.3. The van der Waals surface area contributed by atoms with Crippen molar-refractivity contribution in [1.29, 1.82) is 0 Å². The Morgan fingerprint density at radius 3 is 2.21 bits per heavy atom. The molecule has 1 aromatic rings. The summed E-state index contributed by atoms with van der Waals surface area (Å²) >= 11 is 0. The molecule has 24 heavy (non-hydrogen) atoms. The molecule has 0 aliphatic carbocycles. The van der Waals surface area contributed by atoms with E-state index in [9.17, 15) is 14.4 Å². The Hall–Kier alpha value is -2.57. The van der Waals surface area contributed by atoms with Gasteiger partial charge in [0.15, 0.2) is 6.10 Å². The molecule has 0 bridgehead atoms. The lowest BCUT2D eigenvalue weighted by atomic mass is 10.2. The Morgan fingerprint density at radius 1 is 1.12 bits per heavy atom. The van der Waals surface area contributed by atoms with Gasteiger partial charge in [0.1, 0.15) is 5.60 Å². The first-order valence-electron chi connectivity index (χ1n) is 7.71. The van der Waals surface area contributed by atoms with Gasteiger partial charge >= 0.3 is 12.1 Å². The molecule has 0 spiro atoms. The Morgan fingerprint density at radius 2 is 1.71 bits per heavy atom. The molecule has 0 aliphatic heterocycles. The van der Waals surface area contributed by atoms with E-state index in [1.54, 1.807) is 39.8 Å². The predicted molar refractivity (Wildman–Crippen MR) is 89.9 cm³/mol. The Balaban J connectivity index is 2.62. The van der Waals surface area contributed by atoms with Crippen molar-refractivity contribution < 1.29 is 23.9 Å². The molecule has 1 atom stereocenters. The van der Waals surface area contributed by atoms with Crippen LogP contribution < -0.4 is 10.6 Å². The van der Waals surface area contributed by atoms with E-state index in [2.05, 4.69) is 10.6 Å². The zero-order valence-electron chi connectivity index (χ0n) is 14.6. The second-order valence-corrected chi connectivity index (χ2v) is 6.15. The zero-order valence-corrected chi connectivity index (χ0v) is 14.6. The SMILES string of the molecule is CCNC(=O)[C@H](C)OC(=O)c1ccc(NC(=O)OC(C)(C)C)cc1. The third-order valence-electron chi connectivity index (χ3n) is 2.77. The van der Waals surface area contributed by atoms with E-state index < -0.39 is 23.8 Å². The molecule has 2 N–H and O–H groups in total. The van der Waals surface area contributed by atoms with E-state index in [4.69, 9.17) is 9.47 Å². The molecule has 1 aromatic carbocycles. The van der Waals surface area contributed by atoms with Gasteiger partial charge in [0, 0.05) is 12.2 Å². The van der Waals surface area contributed by atoms with E-state index in [0.29, 0.717) is 12.2 Å². The van der Waals surface area contributed by atoms with Crippen LogP contribution in [-0.2, 0) is 14.3 Å². The average molecular weight is 336 g/mol. The van der Waals surface area contributed by atoms with Crippen molar-refractivity contribution in [3.05, 3.63) is 29.8 Å². The number of rotatable bonds is 5. The number of esters is 1. The Labute approximate surface area is 141 Å². The van der Waals surface area contributed by atoms with Gasteiger partial charge in [0.05, 0.1) is 5.56 Å². The van der Waals surface area contributed by atoms with Crippen molar-refractivity contribution in [3.8, 4) is 0 Å². The normalized spacial score (nSPS) is 12.0. The quantitative estimate of drug-likeness (QED) is 0.806. The summed E-state index contributed by atoms with van der Waals surface area (Å²) in [5.41, 5.74) is 0.168. The van der Waals surface area contributed by atoms with E-state index in [0.717, 1.165) is 0 Å². The molecule has 132 valence electrons. The van der Waals surface area contributed by atoms with Gasteiger partial charge in [-0.25, -0.2) is 9.59 Å². The van der Waals surface area contributed by atoms with Crippen LogP contribution in [-0.4, -0.2) is 36.2 Å². The summed E-state index contributed by atoms with van der Waals surface area (Å²) in [6, 6.07) is 6.10. The van der Waals surface area contributed by atoms with Gasteiger partial charge in [-0.3, -0.25) is 10.1 Å². The third-order valence-corrected chi connectivity index (χ3v) is 2.77. The van der Waals surface area contributed by atoms with E-state index in [1.807, 2.05) is 0 Å². The first kappa shape index (κ1) is 19.5. The standard InChI is InChI=1S/C17H24N2O5/c1-6-18-14(20)11(2)23-15(21)12-7-9-13(10-8-12)19-16(22)24-17(3,4)5/h7-11H,6H2,1-5H3,(H,18,20)(H,19,22)/t11-/m0/s1. The molecule has 0 fully saturated rings. The highest BCUT2D eigenvalue weighted by Crippen LogP contribution is 2.14.